The quantitative estimate of drug-likeness (QED) is 0.772. The lowest BCUT2D eigenvalue weighted by molar-refractivity contribution is 0.0943. The van der Waals surface area contributed by atoms with Crippen LogP contribution < -0.4 is 0 Å². The normalized spacial score (nSPS) is 11.2. The third kappa shape index (κ3) is 3.60. The zero-order valence-corrected chi connectivity index (χ0v) is 12.9. The summed E-state index contributed by atoms with van der Waals surface area (Å²) in [7, 11) is 1.88. The lowest BCUT2D eigenvalue weighted by Gasteiger charge is -2.14. The highest BCUT2D eigenvalue weighted by Crippen LogP contribution is 2.31. The lowest BCUT2D eigenvalue weighted by Crippen LogP contribution is -2.25. The Balaban J connectivity index is 1.99. The van der Waals surface area contributed by atoms with Gasteiger partial charge >= 0.3 is 0 Å². The molecule has 102 valence electrons. The number of carbonyl (C=O) groups is 1. The van der Waals surface area contributed by atoms with Crippen LogP contribution in [0.25, 0.3) is 0 Å². The van der Waals surface area contributed by atoms with Crippen LogP contribution in [0.15, 0.2) is 22.8 Å². The molecule has 0 fully saturated rings. The third-order valence-corrected chi connectivity index (χ3v) is 4.26. The highest BCUT2D eigenvalue weighted by Gasteiger charge is 2.16. The molecule has 2 aromatic heterocycles. The summed E-state index contributed by atoms with van der Waals surface area (Å²) in [4.78, 5) is 14.0. The molecule has 0 aromatic carbocycles. The Bertz CT molecular complexity index is 591. The Kier molecular flexibility index (Phi) is 4.68. The number of Topliss-reactive ketones (excluding diaryl/α,β-unsaturated/α-hetero) is 1. The van der Waals surface area contributed by atoms with Crippen LogP contribution in [-0.4, -0.2) is 24.3 Å². The van der Waals surface area contributed by atoms with Crippen LogP contribution >= 0.6 is 34.5 Å². The number of hydrogen-bond donors (Lipinski definition) is 0. The maximum atomic E-state index is 12.1. The first-order valence-electron chi connectivity index (χ1n) is 5.67. The molecule has 0 spiro atoms. The van der Waals surface area contributed by atoms with Gasteiger partial charge in [0.25, 0.3) is 0 Å². The van der Waals surface area contributed by atoms with E-state index in [1.54, 1.807) is 12.3 Å². The van der Waals surface area contributed by atoms with Gasteiger partial charge in [0.05, 0.1) is 22.7 Å². The molecule has 2 heterocycles. The Labute approximate surface area is 125 Å². The number of rotatable bonds is 5. The van der Waals surface area contributed by atoms with Crippen molar-refractivity contribution in [2.45, 2.75) is 13.5 Å². The Morgan fingerprint density at radius 3 is 2.74 bits per heavy atom. The first-order valence-corrected chi connectivity index (χ1v) is 7.24. The molecule has 0 bridgehead atoms. The smallest absolute Gasteiger partial charge is 0.179 e. The predicted octanol–water partition coefficient (Wildman–Crippen LogP) is 4.27. The van der Waals surface area contributed by atoms with E-state index >= 15 is 0 Å². The summed E-state index contributed by atoms with van der Waals surface area (Å²) >= 11 is 13.0. The monoisotopic (exact) mass is 317 g/mol. The van der Waals surface area contributed by atoms with Crippen molar-refractivity contribution in [3.8, 4) is 0 Å². The van der Waals surface area contributed by atoms with Crippen LogP contribution in [-0.2, 0) is 6.54 Å². The van der Waals surface area contributed by atoms with Crippen molar-refractivity contribution in [1.29, 1.82) is 0 Å². The van der Waals surface area contributed by atoms with Crippen LogP contribution in [0, 0.1) is 6.92 Å². The molecular formula is C13H13Cl2NO2S. The van der Waals surface area contributed by atoms with Gasteiger partial charge in [-0.1, -0.05) is 23.2 Å². The minimum atomic E-state index is -0.0307. The molecule has 0 radical (unpaired) electrons. The van der Waals surface area contributed by atoms with Crippen molar-refractivity contribution in [1.82, 2.24) is 4.90 Å². The first kappa shape index (κ1) is 14.6. The van der Waals surface area contributed by atoms with E-state index in [4.69, 9.17) is 27.6 Å². The summed E-state index contributed by atoms with van der Waals surface area (Å²) in [5.74, 6) is 0.840. The lowest BCUT2D eigenvalue weighted by atomic mass is 10.2. The molecule has 0 aliphatic heterocycles. The topological polar surface area (TPSA) is 33.5 Å². The fourth-order valence-corrected chi connectivity index (χ4v) is 3.28. The molecule has 0 unspecified atom stereocenters. The minimum absolute atomic E-state index is 0.0307. The Morgan fingerprint density at radius 1 is 1.47 bits per heavy atom. The number of ketones is 1. The summed E-state index contributed by atoms with van der Waals surface area (Å²) in [6, 6.07) is 3.53. The first-order chi connectivity index (χ1) is 8.97. The van der Waals surface area contributed by atoms with Crippen molar-refractivity contribution >= 4 is 40.3 Å². The van der Waals surface area contributed by atoms with E-state index in [0.717, 1.165) is 11.3 Å². The van der Waals surface area contributed by atoms with Gasteiger partial charge in [-0.2, -0.15) is 0 Å². The van der Waals surface area contributed by atoms with Crippen molar-refractivity contribution in [2.75, 3.05) is 13.6 Å². The summed E-state index contributed by atoms with van der Waals surface area (Å²) in [6.07, 6.45) is 1.65. The van der Waals surface area contributed by atoms with Gasteiger partial charge < -0.3 is 4.42 Å². The summed E-state index contributed by atoms with van der Waals surface area (Å²) in [5.41, 5.74) is 1.57. The molecule has 0 aliphatic rings. The highest BCUT2D eigenvalue weighted by molar-refractivity contribution is 7.20. The van der Waals surface area contributed by atoms with Gasteiger partial charge in [-0.05, 0) is 26.1 Å². The number of aryl methyl sites for hydroxylation is 1. The van der Waals surface area contributed by atoms with E-state index < -0.39 is 0 Å². The Morgan fingerprint density at radius 2 is 2.21 bits per heavy atom. The number of carbonyl (C=O) groups excluding carboxylic acids is 1. The molecule has 2 rings (SSSR count). The van der Waals surface area contributed by atoms with Gasteiger partial charge in [0.1, 0.15) is 10.1 Å². The molecule has 0 aliphatic carbocycles. The van der Waals surface area contributed by atoms with Crippen LogP contribution in [0.2, 0.25) is 8.67 Å². The second kappa shape index (κ2) is 6.09. The van der Waals surface area contributed by atoms with E-state index in [1.807, 2.05) is 24.9 Å². The third-order valence-electron chi connectivity index (χ3n) is 2.78. The number of likely N-dealkylation sites (N-methyl/N-ethyl adjacent to an activating group) is 1. The van der Waals surface area contributed by atoms with Crippen molar-refractivity contribution in [2.24, 2.45) is 0 Å². The molecule has 3 nitrogen and oxygen atoms in total. The number of hydrogen-bond acceptors (Lipinski definition) is 4. The maximum absolute atomic E-state index is 12.1. The average molecular weight is 318 g/mol. The van der Waals surface area contributed by atoms with Crippen molar-refractivity contribution in [3.63, 3.8) is 0 Å². The van der Waals surface area contributed by atoms with Gasteiger partial charge in [0, 0.05) is 12.1 Å². The summed E-state index contributed by atoms with van der Waals surface area (Å²) < 4.78 is 6.21. The van der Waals surface area contributed by atoms with Gasteiger partial charge in [-0.25, -0.2) is 0 Å². The fraction of sp³-hybridized carbons (Fsp3) is 0.308. The van der Waals surface area contributed by atoms with E-state index in [0.29, 0.717) is 20.8 Å². The van der Waals surface area contributed by atoms with E-state index in [2.05, 4.69) is 0 Å². The maximum Gasteiger partial charge on any atom is 0.179 e. The van der Waals surface area contributed by atoms with Gasteiger partial charge in [0.2, 0.25) is 0 Å². The zero-order chi connectivity index (χ0) is 14.0. The van der Waals surface area contributed by atoms with Gasteiger partial charge in [-0.15, -0.1) is 11.3 Å². The molecule has 0 amide bonds. The molecule has 0 atom stereocenters. The molecule has 0 saturated heterocycles. The molecule has 0 saturated carbocycles. The van der Waals surface area contributed by atoms with Gasteiger partial charge in [0.15, 0.2) is 5.78 Å². The molecule has 2 aromatic rings. The van der Waals surface area contributed by atoms with Crippen LogP contribution in [0.3, 0.4) is 0 Å². The minimum Gasteiger partial charge on any atom is -0.469 e. The largest absolute Gasteiger partial charge is 0.469 e. The SMILES string of the molecule is Cc1occc1CN(C)CC(=O)c1cc(Cl)sc1Cl. The van der Waals surface area contributed by atoms with Crippen molar-refractivity contribution < 1.29 is 9.21 Å². The van der Waals surface area contributed by atoms with Crippen molar-refractivity contribution in [3.05, 3.63) is 44.0 Å². The van der Waals surface area contributed by atoms with Crippen LogP contribution in [0.1, 0.15) is 21.7 Å². The average Bonchev–Trinajstić information content (AvgIpc) is 2.85. The molecule has 6 heteroatoms. The Hall–Kier alpha value is -0.810. The second-order valence-corrected chi connectivity index (χ2v) is 6.62. The number of nitrogens with zero attached hydrogens (tertiary/aromatic N) is 1. The number of furan rings is 1. The van der Waals surface area contributed by atoms with Crippen LogP contribution in [0.5, 0.6) is 0 Å². The second-order valence-electron chi connectivity index (χ2n) is 4.34. The standard InChI is InChI=1S/C13H13Cl2NO2S/c1-8-9(3-4-18-8)6-16(2)7-11(17)10-5-12(14)19-13(10)15/h3-5H,6-7H2,1-2H3. The zero-order valence-electron chi connectivity index (χ0n) is 10.6. The fourth-order valence-electron chi connectivity index (χ4n) is 1.78. The van der Waals surface area contributed by atoms with E-state index in [9.17, 15) is 4.79 Å². The van der Waals surface area contributed by atoms with E-state index in [1.165, 1.54) is 11.3 Å². The highest BCUT2D eigenvalue weighted by atomic mass is 35.5. The van der Waals surface area contributed by atoms with E-state index in [-0.39, 0.29) is 12.3 Å². The molecule has 0 N–H and O–H groups in total. The number of thiophene rings is 1. The summed E-state index contributed by atoms with van der Waals surface area (Å²) in [6.45, 7) is 2.85. The molecular weight excluding hydrogens is 305 g/mol. The van der Waals surface area contributed by atoms with Crippen LogP contribution in [0.4, 0.5) is 0 Å². The number of halogens is 2. The molecule has 19 heavy (non-hydrogen) atoms. The van der Waals surface area contributed by atoms with Gasteiger partial charge in [-0.3, -0.25) is 9.69 Å². The summed E-state index contributed by atoms with van der Waals surface area (Å²) in [5, 5.41) is 0. The predicted molar refractivity (Wildman–Crippen MR) is 78.4 cm³/mol.